The lowest BCUT2D eigenvalue weighted by Crippen LogP contribution is -2.22. The minimum absolute atomic E-state index is 0.0325. The summed E-state index contributed by atoms with van der Waals surface area (Å²) in [6.07, 6.45) is 0.398. The van der Waals surface area contributed by atoms with Gasteiger partial charge in [0.2, 0.25) is 5.91 Å². The van der Waals surface area contributed by atoms with Gasteiger partial charge in [-0.3, -0.25) is 9.59 Å². The predicted molar refractivity (Wildman–Crippen MR) is 52.9 cm³/mol. The smallest absolute Gasteiger partial charge is 0.316 e. The maximum Gasteiger partial charge on any atom is 0.316 e. The minimum atomic E-state index is -0.831. The van der Waals surface area contributed by atoms with Crippen molar-refractivity contribution in [2.45, 2.75) is 18.6 Å². The van der Waals surface area contributed by atoms with Gasteiger partial charge < -0.3 is 10.0 Å². The van der Waals surface area contributed by atoms with Crippen LogP contribution in [0.5, 0.6) is 0 Å². The number of carboxylic acids is 1. The number of nitrogens with zero attached hydrogens (tertiary/aromatic N) is 1. The third-order valence-corrected chi connectivity index (χ3v) is 2.67. The summed E-state index contributed by atoms with van der Waals surface area (Å²) >= 11 is 1.28. The lowest BCUT2D eigenvalue weighted by Gasteiger charge is -2.10. The van der Waals surface area contributed by atoms with E-state index in [-0.39, 0.29) is 5.91 Å². The van der Waals surface area contributed by atoms with Crippen LogP contribution in [0.15, 0.2) is 0 Å². The van der Waals surface area contributed by atoms with Crippen molar-refractivity contribution in [3.05, 3.63) is 0 Å². The number of hydrogen-bond donors (Lipinski definition) is 1. The number of carbonyl (C=O) groups is 2. The van der Waals surface area contributed by atoms with E-state index in [1.54, 1.807) is 21.0 Å². The fraction of sp³-hybridized carbons (Fsp3) is 0.750. The summed E-state index contributed by atoms with van der Waals surface area (Å²) in [5, 5.41) is 8.11. The van der Waals surface area contributed by atoms with Gasteiger partial charge in [0, 0.05) is 26.3 Å². The van der Waals surface area contributed by atoms with Gasteiger partial charge in [0.25, 0.3) is 0 Å². The first kappa shape index (κ1) is 12.3. The molecular weight excluding hydrogens is 190 g/mol. The number of hydrogen-bond acceptors (Lipinski definition) is 3. The maximum atomic E-state index is 11.1. The van der Waals surface area contributed by atoms with Crippen molar-refractivity contribution in [1.29, 1.82) is 0 Å². The fourth-order valence-corrected chi connectivity index (χ4v) is 1.41. The van der Waals surface area contributed by atoms with Gasteiger partial charge in [0.05, 0.1) is 5.25 Å². The third kappa shape index (κ3) is 5.52. The van der Waals surface area contributed by atoms with Crippen LogP contribution < -0.4 is 0 Å². The van der Waals surface area contributed by atoms with E-state index < -0.39 is 11.2 Å². The van der Waals surface area contributed by atoms with Crippen LogP contribution in [0.3, 0.4) is 0 Å². The molecule has 0 fully saturated rings. The number of carbonyl (C=O) groups excluding carboxylic acids is 1. The van der Waals surface area contributed by atoms with E-state index >= 15 is 0 Å². The third-order valence-electron chi connectivity index (χ3n) is 1.53. The second-order valence-electron chi connectivity index (χ2n) is 2.89. The monoisotopic (exact) mass is 205 g/mol. The van der Waals surface area contributed by atoms with E-state index in [1.165, 1.54) is 16.7 Å². The van der Waals surface area contributed by atoms with Crippen molar-refractivity contribution >= 4 is 23.6 Å². The summed E-state index contributed by atoms with van der Waals surface area (Å²) in [7, 11) is 3.38. The van der Waals surface area contributed by atoms with Gasteiger partial charge in [-0.1, -0.05) is 0 Å². The molecule has 0 aromatic carbocycles. The van der Waals surface area contributed by atoms with E-state index in [0.717, 1.165) is 0 Å². The van der Waals surface area contributed by atoms with Crippen LogP contribution in [0.2, 0.25) is 0 Å². The molecule has 5 heteroatoms. The van der Waals surface area contributed by atoms with Crippen molar-refractivity contribution in [3.63, 3.8) is 0 Å². The first-order valence-electron chi connectivity index (χ1n) is 3.99. The van der Waals surface area contributed by atoms with Gasteiger partial charge in [-0.15, -0.1) is 11.8 Å². The molecule has 0 radical (unpaired) electrons. The quantitative estimate of drug-likeness (QED) is 0.716. The lowest BCUT2D eigenvalue weighted by molar-refractivity contribution is -0.136. The number of carboxylic acid groups (broad SMARTS) is 1. The second kappa shape index (κ2) is 5.85. The van der Waals surface area contributed by atoms with Gasteiger partial charge in [-0.25, -0.2) is 0 Å². The molecule has 0 aliphatic carbocycles. The molecule has 0 saturated carbocycles. The fourth-order valence-electron chi connectivity index (χ4n) is 0.618. The molecule has 0 spiro atoms. The Balaban J connectivity index is 3.56. The van der Waals surface area contributed by atoms with Crippen molar-refractivity contribution in [3.8, 4) is 0 Å². The average molecular weight is 205 g/mol. The molecule has 76 valence electrons. The van der Waals surface area contributed by atoms with Crippen LogP contribution in [0.25, 0.3) is 0 Å². The molecule has 1 amide bonds. The highest BCUT2D eigenvalue weighted by Gasteiger charge is 2.12. The molecule has 1 atom stereocenters. The van der Waals surface area contributed by atoms with Crippen molar-refractivity contribution < 1.29 is 14.7 Å². The summed E-state index contributed by atoms with van der Waals surface area (Å²) in [5.41, 5.74) is 0. The Morgan fingerprint density at radius 3 is 2.38 bits per heavy atom. The molecule has 0 aromatic rings. The molecule has 0 aliphatic rings. The summed E-state index contributed by atoms with van der Waals surface area (Å²) in [6.45, 7) is 1.62. The largest absolute Gasteiger partial charge is 0.480 e. The molecule has 0 aliphatic heterocycles. The molecule has 0 saturated heterocycles. The molecule has 1 N–H and O–H groups in total. The van der Waals surface area contributed by atoms with Gasteiger partial charge in [-0.2, -0.15) is 0 Å². The molecular formula is C8H15NO3S. The van der Waals surface area contributed by atoms with Crippen LogP contribution in [0.1, 0.15) is 13.3 Å². The highest BCUT2D eigenvalue weighted by atomic mass is 32.2. The van der Waals surface area contributed by atoms with Gasteiger partial charge >= 0.3 is 5.97 Å². The van der Waals surface area contributed by atoms with Crippen LogP contribution in [0, 0.1) is 0 Å². The Morgan fingerprint density at radius 1 is 1.46 bits per heavy atom. The van der Waals surface area contributed by atoms with E-state index in [0.29, 0.717) is 12.2 Å². The maximum absolute atomic E-state index is 11.1. The summed E-state index contributed by atoms with van der Waals surface area (Å²) in [4.78, 5) is 23.0. The van der Waals surface area contributed by atoms with E-state index in [1.807, 2.05) is 0 Å². The first-order valence-corrected chi connectivity index (χ1v) is 5.04. The van der Waals surface area contributed by atoms with Crippen molar-refractivity contribution in [2.24, 2.45) is 0 Å². The highest BCUT2D eigenvalue weighted by molar-refractivity contribution is 8.00. The highest BCUT2D eigenvalue weighted by Crippen LogP contribution is 2.11. The first-order chi connectivity index (χ1) is 5.95. The van der Waals surface area contributed by atoms with E-state index in [4.69, 9.17) is 5.11 Å². The van der Waals surface area contributed by atoms with Gasteiger partial charge in [-0.05, 0) is 6.92 Å². The Hall–Kier alpha value is -0.710. The second-order valence-corrected chi connectivity index (χ2v) is 4.34. The average Bonchev–Trinajstić information content (AvgIpc) is 2.03. The Kier molecular flexibility index (Phi) is 5.53. The number of rotatable bonds is 5. The normalized spacial score (nSPS) is 12.2. The SMILES string of the molecule is CC(SCCC(=O)N(C)C)C(=O)O. The number of amides is 1. The summed E-state index contributed by atoms with van der Waals surface area (Å²) in [6, 6.07) is 0. The Morgan fingerprint density at radius 2 is 2.00 bits per heavy atom. The number of aliphatic carboxylic acids is 1. The van der Waals surface area contributed by atoms with E-state index in [9.17, 15) is 9.59 Å². The van der Waals surface area contributed by atoms with Gasteiger partial charge in [0.15, 0.2) is 0 Å². The van der Waals surface area contributed by atoms with Crippen LogP contribution in [-0.2, 0) is 9.59 Å². The Labute approximate surface area is 82.3 Å². The lowest BCUT2D eigenvalue weighted by atomic mass is 10.4. The van der Waals surface area contributed by atoms with E-state index in [2.05, 4.69) is 0 Å². The molecule has 0 heterocycles. The standard InChI is InChI=1S/C8H15NO3S/c1-6(8(11)12)13-5-4-7(10)9(2)3/h6H,4-5H2,1-3H3,(H,11,12). The van der Waals surface area contributed by atoms with Crippen LogP contribution in [0.4, 0.5) is 0 Å². The molecule has 13 heavy (non-hydrogen) atoms. The molecule has 0 bridgehead atoms. The number of thioether (sulfide) groups is 1. The van der Waals surface area contributed by atoms with Crippen LogP contribution in [-0.4, -0.2) is 47.0 Å². The van der Waals surface area contributed by atoms with Crippen molar-refractivity contribution in [1.82, 2.24) is 4.90 Å². The summed E-state index contributed by atoms with van der Waals surface area (Å²) in [5.74, 6) is -0.239. The zero-order chi connectivity index (χ0) is 10.4. The van der Waals surface area contributed by atoms with Gasteiger partial charge in [0.1, 0.15) is 0 Å². The Bertz CT molecular complexity index is 194. The zero-order valence-electron chi connectivity index (χ0n) is 8.11. The molecule has 0 rings (SSSR count). The zero-order valence-corrected chi connectivity index (χ0v) is 8.93. The topological polar surface area (TPSA) is 57.6 Å². The molecule has 1 unspecified atom stereocenters. The molecule has 0 aromatic heterocycles. The van der Waals surface area contributed by atoms with Crippen molar-refractivity contribution in [2.75, 3.05) is 19.8 Å². The predicted octanol–water partition coefficient (Wildman–Crippen LogP) is 0.671. The van der Waals surface area contributed by atoms with Crippen LogP contribution >= 0.6 is 11.8 Å². The minimum Gasteiger partial charge on any atom is -0.480 e. The summed E-state index contributed by atoms with van der Waals surface area (Å²) < 4.78 is 0. The molecule has 4 nitrogen and oxygen atoms in total.